The Morgan fingerprint density at radius 2 is 1.64 bits per heavy atom. The van der Waals surface area contributed by atoms with E-state index < -0.39 is 0 Å². The molecule has 0 bridgehead atoms. The maximum absolute atomic E-state index is 2.70. The van der Waals surface area contributed by atoms with E-state index in [-0.39, 0.29) is 0 Å². The summed E-state index contributed by atoms with van der Waals surface area (Å²) in [5, 5.41) is 0. The molecule has 0 heterocycles. The van der Waals surface area contributed by atoms with Gasteiger partial charge in [-0.1, -0.05) is 54.9 Å². The van der Waals surface area contributed by atoms with E-state index in [4.69, 9.17) is 0 Å². The molecular weight excluding hydrogens is 264 g/mol. The van der Waals surface area contributed by atoms with Crippen LogP contribution in [0.5, 0.6) is 0 Å². The minimum Gasteiger partial charge on any atom is -0.0625 e. The summed E-state index contributed by atoms with van der Waals surface area (Å²) in [7, 11) is 0. The highest BCUT2D eigenvalue weighted by Gasteiger charge is 2.58. The van der Waals surface area contributed by atoms with Gasteiger partial charge in [0.25, 0.3) is 0 Å². The average molecular weight is 305 g/mol. The van der Waals surface area contributed by atoms with Crippen LogP contribution in [0.15, 0.2) is 0 Å². The van der Waals surface area contributed by atoms with Crippen molar-refractivity contribution < 1.29 is 0 Å². The lowest BCUT2D eigenvalue weighted by atomic mass is 9.41. The molecule has 0 nitrogen and oxygen atoms in total. The van der Waals surface area contributed by atoms with E-state index in [1.807, 2.05) is 0 Å². The van der Waals surface area contributed by atoms with Gasteiger partial charge in [0.1, 0.15) is 0 Å². The lowest BCUT2D eigenvalue weighted by Crippen LogP contribution is -2.57. The van der Waals surface area contributed by atoms with Gasteiger partial charge in [0, 0.05) is 0 Å². The molecule has 3 rings (SSSR count). The third-order valence-electron chi connectivity index (χ3n) is 8.80. The van der Waals surface area contributed by atoms with Crippen LogP contribution < -0.4 is 0 Å². The Morgan fingerprint density at radius 1 is 0.955 bits per heavy atom. The summed E-state index contributed by atoms with van der Waals surface area (Å²) in [5.41, 5.74) is 1.21. The third-order valence-corrected chi connectivity index (χ3v) is 8.80. The van der Waals surface area contributed by atoms with Gasteiger partial charge >= 0.3 is 0 Å². The Morgan fingerprint density at radius 3 is 2.27 bits per heavy atom. The monoisotopic (exact) mass is 304 g/mol. The minimum absolute atomic E-state index is 0.574. The van der Waals surface area contributed by atoms with Crippen LogP contribution in [0.4, 0.5) is 0 Å². The molecule has 0 aromatic carbocycles. The molecule has 0 aliphatic heterocycles. The molecule has 3 aliphatic rings. The Bertz CT molecular complexity index is 406. The van der Waals surface area contributed by atoms with E-state index in [0.29, 0.717) is 10.8 Å². The second-order valence-corrected chi connectivity index (χ2v) is 10.6. The Hall–Kier alpha value is 0. The minimum atomic E-state index is 0.574. The third kappa shape index (κ3) is 2.39. The van der Waals surface area contributed by atoms with E-state index in [1.165, 1.54) is 38.5 Å². The van der Waals surface area contributed by atoms with E-state index >= 15 is 0 Å². The van der Waals surface area contributed by atoms with Crippen molar-refractivity contribution in [1.29, 1.82) is 0 Å². The van der Waals surface area contributed by atoms with Gasteiger partial charge in [-0.3, -0.25) is 0 Å². The van der Waals surface area contributed by atoms with Crippen molar-refractivity contribution in [1.82, 2.24) is 0 Å². The molecular formula is C22H40. The predicted molar refractivity (Wildman–Crippen MR) is 96.7 cm³/mol. The maximum atomic E-state index is 2.70. The van der Waals surface area contributed by atoms with E-state index in [2.05, 4.69) is 48.5 Å². The number of fused-ring (bicyclic) bond motifs is 3. The fourth-order valence-corrected chi connectivity index (χ4v) is 7.83. The van der Waals surface area contributed by atoms with Crippen molar-refractivity contribution in [3.63, 3.8) is 0 Å². The van der Waals surface area contributed by atoms with Gasteiger partial charge in [-0.05, 0) is 84.4 Å². The topological polar surface area (TPSA) is 0 Å². The molecule has 0 amide bonds. The number of hydrogen-bond acceptors (Lipinski definition) is 0. The second-order valence-electron chi connectivity index (χ2n) is 10.6. The zero-order chi connectivity index (χ0) is 16.3. The van der Waals surface area contributed by atoms with E-state index in [1.54, 1.807) is 0 Å². The normalized spacial score (nSPS) is 51.3. The van der Waals surface area contributed by atoms with Gasteiger partial charge < -0.3 is 0 Å². The molecule has 0 aromatic heterocycles. The molecule has 3 saturated carbocycles. The lowest BCUT2D eigenvalue weighted by molar-refractivity contribution is -0.154. The maximum Gasteiger partial charge on any atom is -0.0261 e. The first kappa shape index (κ1) is 16.8. The molecule has 7 atom stereocenters. The highest BCUT2D eigenvalue weighted by Crippen LogP contribution is 2.66. The summed E-state index contributed by atoms with van der Waals surface area (Å²) in [6, 6.07) is 0. The van der Waals surface area contributed by atoms with Gasteiger partial charge in [-0.25, -0.2) is 0 Å². The van der Waals surface area contributed by atoms with Crippen LogP contribution >= 0.6 is 0 Å². The van der Waals surface area contributed by atoms with Crippen molar-refractivity contribution in [2.75, 3.05) is 0 Å². The van der Waals surface area contributed by atoms with Gasteiger partial charge in [-0.15, -0.1) is 0 Å². The quantitative estimate of drug-likeness (QED) is 0.500. The summed E-state index contributed by atoms with van der Waals surface area (Å²) in [6.45, 7) is 18.0. The Kier molecular flexibility index (Phi) is 4.23. The summed E-state index contributed by atoms with van der Waals surface area (Å²) in [6.07, 6.45) is 8.95. The van der Waals surface area contributed by atoms with Crippen LogP contribution in [0.3, 0.4) is 0 Å². The standard InChI is InChI=1S/C22H40/c1-14(2)17-9-10-18-20(16(17)4)15(3)13-19-21(5,6)11-8-12-22(18,19)7/h14-20H,8-13H2,1-7H3. The molecule has 3 aliphatic carbocycles. The van der Waals surface area contributed by atoms with Crippen molar-refractivity contribution in [2.45, 2.75) is 87.0 Å². The first-order valence-electron chi connectivity index (χ1n) is 10.2. The predicted octanol–water partition coefficient (Wildman–Crippen LogP) is 6.79. The van der Waals surface area contributed by atoms with E-state index in [0.717, 1.165) is 41.4 Å². The second kappa shape index (κ2) is 5.52. The van der Waals surface area contributed by atoms with Crippen LogP contribution in [0.2, 0.25) is 0 Å². The van der Waals surface area contributed by atoms with Gasteiger partial charge in [0.05, 0.1) is 0 Å². The molecule has 0 aromatic rings. The summed E-state index contributed by atoms with van der Waals surface area (Å²) in [4.78, 5) is 0. The van der Waals surface area contributed by atoms with Gasteiger partial charge in [0.2, 0.25) is 0 Å². The smallest absolute Gasteiger partial charge is 0.0261 e. The molecule has 22 heavy (non-hydrogen) atoms. The SMILES string of the molecule is CC(C)C1CCC2C(C(C)CC3C(C)(C)CCCC23C)C1C. The first-order chi connectivity index (χ1) is 10.2. The molecule has 0 spiro atoms. The Balaban J connectivity index is 1.93. The fourth-order valence-electron chi connectivity index (χ4n) is 7.83. The summed E-state index contributed by atoms with van der Waals surface area (Å²) < 4.78 is 0. The van der Waals surface area contributed by atoms with Crippen molar-refractivity contribution in [3.8, 4) is 0 Å². The summed E-state index contributed by atoms with van der Waals surface area (Å²) >= 11 is 0. The van der Waals surface area contributed by atoms with Crippen LogP contribution in [0.25, 0.3) is 0 Å². The van der Waals surface area contributed by atoms with Crippen molar-refractivity contribution >= 4 is 0 Å². The zero-order valence-corrected chi connectivity index (χ0v) is 16.3. The lowest BCUT2D eigenvalue weighted by Gasteiger charge is -2.64. The fraction of sp³-hybridized carbons (Fsp3) is 1.00. The van der Waals surface area contributed by atoms with Crippen molar-refractivity contribution in [2.24, 2.45) is 52.3 Å². The molecule has 7 unspecified atom stereocenters. The van der Waals surface area contributed by atoms with Crippen LogP contribution in [0, 0.1) is 52.3 Å². The largest absolute Gasteiger partial charge is 0.0625 e. The van der Waals surface area contributed by atoms with E-state index in [9.17, 15) is 0 Å². The number of hydrogen-bond donors (Lipinski definition) is 0. The zero-order valence-electron chi connectivity index (χ0n) is 16.3. The Labute approximate surface area is 139 Å². The molecule has 3 fully saturated rings. The van der Waals surface area contributed by atoms with Gasteiger partial charge in [-0.2, -0.15) is 0 Å². The molecule has 0 radical (unpaired) electrons. The van der Waals surface area contributed by atoms with Gasteiger partial charge in [0.15, 0.2) is 0 Å². The summed E-state index contributed by atoms with van der Waals surface area (Å²) in [5.74, 6) is 6.69. The first-order valence-corrected chi connectivity index (χ1v) is 10.2. The van der Waals surface area contributed by atoms with Crippen LogP contribution in [-0.2, 0) is 0 Å². The highest BCUT2D eigenvalue weighted by atomic mass is 14.6. The van der Waals surface area contributed by atoms with Crippen LogP contribution in [-0.4, -0.2) is 0 Å². The van der Waals surface area contributed by atoms with Crippen LogP contribution in [0.1, 0.15) is 87.0 Å². The molecule has 128 valence electrons. The van der Waals surface area contributed by atoms with Crippen molar-refractivity contribution in [3.05, 3.63) is 0 Å². The highest BCUT2D eigenvalue weighted by molar-refractivity contribution is 5.07. The average Bonchev–Trinajstić information content (AvgIpc) is 2.41. The number of rotatable bonds is 1. The molecule has 0 N–H and O–H groups in total. The molecule has 0 saturated heterocycles. The molecule has 0 heteroatoms.